The van der Waals surface area contributed by atoms with Gasteiger partial charge in [-0.25, -0.2) is 8.42 Å². The molecule has 0 aliphatic carbocycles. The molecule has 0 amide bonds. The van der Waals surface area contributed by atoms with Gasteiger partial charge in [0.05, 0.1) is 15.7 Å². The Morgan fingerprint density at radius 3 is 2.40 bits per heavy atom. The summed E-state index contributed by atoms with van der Waals surface area (Å²) < 4.78 is 32.5. The normalized spacial score (nSPS) is 11.2. The number of hydrogen-bond donors (Lipinski definition) is 0. The Bertz CT molecular complexity index is 644. The molecule has 0 fully saturated rings. The first kappa shape index (κ1) is 14.4. The molecule has 0 radical (unpaired) electrons. The lowest BCUT2D eigenvalue weighted by molar-refractivity contribution is -0.895. The summed E-state index contributed by atoms with van der Waals surface area (Å²) in [5.74, 6) is 0.115. The molecule has 2 aromatic rings. The minimum atomic E-state index is -4.19. The molecule has 0 aliphatic heterocycles. The van der Waals surface area contributed by atoms with E-state index in [1.165, 1.54) is 17.4 Å². The van der Waals surface area contributed by atoms with Gasteiger partial charge < -0.3 is 9.39 Å². The molecule has 0 unspecified atom stereocenters. The van der Waals surface area contributed by atoms with Crippen LogP contribution in [0.3, 0.4) is 0 Å². The molecule has 1 heterocycles. The summed E-state index contributed by atoms with van der Waals surface area (Å²) in [4.78, 5) is 13.4. The van der Waals surface area contributed by atoms with Crippen molar-refractivity contribution >= 4 is 10.1 Å². The standard InChI is InChI=1S/C12H13N3O4S/c16-20(17,18)8-4-7-19-15-9-13-12(14-10-15)11-5-2-1-3-6-11/h1-3,5-6,9-10H,4,7-8H2. The van der Waals surface area contributed by atoms with Crippen molar-refractivity contribution in [2.24, 2.45) is 0 Å². The Balaban J connectivity index is 1.89. The van der Waals surface area contributed by atoms with E-state index in [1.807, 2.05) is 30.3 Å². The van der Waals surface area contributed by atoms with Crippen LogP contribution in [0.25, 0.3) is 11.4 Å². The summed E-state index contributed by atoms with van der Waals surface area (Å²) in [7, 11) is -4.19. The van der Waals surface area contributed by atoms with E-state index in [0.717, 1.165) is 5.56 Å². The van der Waals surface area contributed by atoms with E-state index in [9.17, 15) is 13.0 Å². The van der Waals surface area contributed by atoms with Crippen LogP contribution in [0.15, 0.2) is 43.0 Å². The maximum Gasteiger partial charge on any atom is 0.307 e. The summed E-state index contributed by atoms with van der Waals surface area (Å²) in [6.45, 7) is 0.0974. The molecule has 0 saturated carbocycles. The van der Waals surface area contributed by atoms with Crippen LogP contribution in [0.4, 0.5) is 0 Å². The highest BCUT2D eigenvalue weighted by Crippen LogP contribution is 2.10. The zero-order valence-corrected chi connectivity index (χ0v) is 11.4. The largest absolute Gasteiger partial charge is 0.748 e. The summed E-state index contributed by atoms with van der Waals surface area (Å²) >= 11 is 0. The monoisotopic (exact) mass is 295 g/mol. The first-order chi connectivity index (χ1) is 9.54. The third-order valence-electron chi connectivity index (χ3n) is 2.40. The second kappa shape index (κ2) is 6.40. The number of benzene rings is 1. The predicted molar refractivity (Wildman–Crippen MR) is 68.3 cm³/mol. The average molecular weight is 295 g/mol. The van der Waals surface area contributed by atoms with Gasteiger partial charge in [-0.05, 0) is 18.6 Å². The van der Waals surface area contributed by atoms with Gasteiger partial charge in [0.15, 0.2) is 0 Å². The van der Waals surface area contributed by atoms with Crippen molar-refractivity contribution in [2.45, 2.75) is 6.42 Å². The zero-order valence-electron chi connectivity index (χ0n) is 10.5. The first-order valence-electron chi connectivity index (χ1n) is 5.90. The Morgan fingerprint density at radius 2 is 1.80 bits per heavy atom. The molecule has 20 heavy (non-hydrogen) atoms. The van der Waals surface area contributed by atoms with E-state index >= 15 is 0 Å². The quantitative estimate of drug-likeness (QED) is 0.416. The number of rotatable bonds is 6. The fourth-order valence-electron chi connectivity index (χ4n) is 1.49. The minimum Gasteiger partial charge on any atom is -0.748 e. The van der Waals surface area contributed by atoms with Crippen LogP contribution in [0.1, 0.15) is 6.42 Å². The average Bonchev–Trinajstić information content (AvgIpc) is 2.44. The van der Waals surface area contributed by atoms with Crippen molar-refractivity contribution in [3.63, 3.8) is 0 Å². The molecule has 2 rings (SSSR count). The lowest BCUT2D eigenvalue weighted by Gasteiger charge is -2.06. The molecule has 106 valence electrons. The summed E-state index contributed by atoms with van der Waals surface area (Å²) in [6, 6.07) is 9.46. The fourth-order valence-corrected chi connectivity index (χ4v) is 1.97. The molecule has 1 aromatic heterocycles. The smallest absolute Gasteiger partial charge is 0.307 e. The van der Waals surface area contributed by atoms with Crippen LogP contribution in [0.2, 0.25) is 0 Å². The molecular weight excluding hydrogens is 282 g/mol. The van der Waals surface area contributed by atoms with Crippen molar-refractivity contribution in [3.05, 3.63) is 43.0 Å². The number of hydrogen-bond acceptors (Lipinski definition) is 6. The third kappa shape index (κ3) is 4.56. The van der Waals surface area contributed by atoms with Gasteiger partial charge >= 0.3 is 5.82 Å². The van der Waals surface area contributed by atoms with Gasteiger partial charge in [0.1, 0.15) is 6.61 Å². The molecule has 0 spiro atoms. The molecule has 0 saturated heterocycles. The molecule has 0 N–H and O–H groups in total. The van der Waals surface area contributed by atoms with Gasteiger partial charge in [-0.1, -0.05) is 32.9 Å². The Hall–Kier alpha value is -2.06. The van der Waals surface area contributed by atoms with Crippen molar-refractivity contribution < 1.29 is 22.5 Å². The van der Waals surface area contributed by atoms with E-state index in [-0.39, 0.29) is 13.0 Å². The molecule has 0 atom stereocenters. The van der Waals surface area contributed by atoms with Crippen molar-refractivity contribution in [2.75, 3.05) is 12.4 Å². The molecule has 8 heteroatoms. The third-order valence-corrected chi connectivity index (χ3v) is 3.19. The first-order valence-corrected chi connectivity index (χ1v) is 7.48. The van der Waals surface area contributed by atoms with Crippen molar-refractivity contribution in [3.8, 4) is 11.4 Å². The lowest BCUT2D eigenvalue weighted by Crippen LogP contribution is -2.43. The summed E-state index contributed by atoms with van der Waals surface area (Å²) in [5, 5.41) is 0. The second-order valence-corrected chi connectivity index (χ2v) is 5.51. The van der Waals surface area contributed by atoms with Crippen molar-refractivity contribution in [1.82, 2.24) is 9.97 Å². The second-order valence-electron chi connectivity index (χ2n) is 3.99. The van der Waals surface area contributed by atoms with Crippen LogP contribution in [-0.4, -0.2) is 35.3 Å². The minimum absolute atomic E-state index is 0.0974. The van der Waals surface area contributed by atoms with Crippen molar-refractivity contribution in [1.29, 1.82) is 0 Å². The van der Waals surface area contributed by atoms with E-state index in [4.69, 9.17) is 4.84 Å². The highest BCUT2D eigenvalue weighted by molar-refractivity contribution is 7.85. The summed E-state index contributed by atoms with van der Waals surface area (Å²) in [5.41, 5.74) is 0.886. The Kier molecular flexibility index (Phi) is 4.59. The summed E-state index contributed by atoms with van der Waals surface area (Å²) in [6.07, 6.45) is 2.99. The molecular formula is C12H13N3O4S. The van der Waals surface area contributed by atoms with E-state index in [1.54, 1.807) is 0 Å². The molecule has 7 nitrogen and oxygen atoms in total. The lowest BCUT2D eigenvalue weighted by atomic mass is 10.2. The van der Waals surface area contributed by atoms with Gasteiger partial charge in [-0.15, -0.1) is 0 Å². The highest BCUT2D eigenvalue weighted by atomic mass is 32.2. The maximum atomic E-state index is 10.4. The SMILES string of the molecule is O=S(=O)([O-])CCCO[n+]1cnc(-c2ccccc2)nc1. The van der Waals surface area contributed by atoms with Crippen LogP contribution in [0, 0.1) is 0 Å². The van der Waals surface area contributed by atoms with Crippen LogP contribution >= 0.6 is 0 Å². The van der Waals surface area contributed by atoms with Crippen LogP contribution < -0.4 is 9.57 Å². The van der Waals surface area contributed by atoms with Gasteiger partial charge in [0, 0.05) is 5.75 Å². The Morgan fingerprint density at radius 1 is 1.15 bits per heavy atom. The number of aromatic nitrogens is 3. The Labute approximate surface area is 116 Å². The van der Waals surface area contributed by atoms with Crippen LogP contribution in [-0.2, 0) is 10.1 Å². The van der Waals surface area contributed by atoms with Gasteiger partial charge in [0.25, 0.3) is 12.7 Å². The molecule has 1 aromatic carbocycles. The zero-order chi connectivity index (χ0) is 14.4. The molecule has 0 aliphatic rings. The van der Waals surface area contributed by atoms with E-state index in [0.29, 0.717) is 5.82 Å². The van der Waals surface area contributed by atoms with E-state index in [2.05, 4.69) is 9.97 Å². The number of nitrogens with zero attached hydrogens (tertiary/aromatic N) is 3. The van der Waals surface area contributed by atoms with E-state index < -0.39 is 15.9 Å². The fraction of sp³-hybridized carbons (Fsp3) is 0.250. The van der Waals surface area contributed by atoms with Crippen LogP contribution in [0.5, 0.6) is 0 Å². The van der Waals surface area contributed by atoms with Gasteiger partial charge in [-0.3, -0.25) is 0 Å². The topological polar surface area (TPSA) is 96.1 Å². The maximum absolute atomic E-state index is 10.4. The predicted octanol–water partition coefficient (Wildman–Crippen LogP) is -0.205. The van der Waals surface area contributed by atoms with Gasteiger partial charge in [-0.2, -0.15) is 0 Å². The molecule has 0 bridgehead atoms. The van der Waals surface area contributed by atoms with Gasteiger partial charge in [0.2, 0.25) is 0 Å². The highest BCUT2D eigenvalue weighted by Gasteiger charge is 2.08.